The van der Waals surface area contributed by atoms with Crippen molar-refractivity contribution in [1.29, 1.82) is 0 Å². The molecule has 7 nitrogen and oxygen atoms in total. The Kier molecular flexibility index (Phi) is 4.91. The van der Waals surface area contributed by atoms with Gasteiger partial charge in [0.05, 0.1) is 11.0 Å². The summed E-state index contributed by atoms with van der Waals surface area (Å²) in [6.45, 7) is 0.438. The van der Waals surface area contributed by atoms with E-state index < -0.39 is 11.1 Å². The zero-order valence-corrected chi connectivity index (χ0v) is 16.6. The Morgan fingerprint density at radius 3 is 2.71 bits per heavy atom. The van der Waals surface area contributed by atoms with E-state index in [-0.39, 0.29) is 18.4 Å². The lowest BCUT2D eigenvalue weighted by molar-refractivity contribution is -0.117. The Bertz CT molecular complexity index is 1180. The standard InChI is InChI=1S/C20H19BrN4O3/c21-13-7-12-3-6-15(25-18(12)16(8-13)24-19(27)20(25)28)9-17(26)23-14-4-1-11(10-22)2-5-14/h1-2,4-5,7-8,15H,3,6,9-10,22H2,(H,23,26)(H,24,27). The molecule has 3 aromatic rings. The summed E-state index contributed by atoms with van der Waals surface area (Å²) < 4.78 is 2.32. The second-order valence-electron chi connectivity index (χ2n) is 6.94. The van der Waals surface area contributed by atoms with Crippen LogP contribution in [0.2, 0.25) is 0 Å². The number of hydrogen-bond donors (Lipinski definition) is 3. The molecular weight excluding hydrogens is 424 g/mol. The average molecular weight is 443 g/mol. The zero-order chi connectivity index (χ0) is 19.8. The number of nitrogens with two attached hydrogens (primary N) is 1. The molecule has 0 saturated carbocycles. The molecule has 1 amide bonds. The van der Waals surface area contributed by atoms with Gasteiger partial charge in [0.15, 0.2) is 0 Å². The van der Waals surface area contributed by atoms with Crippen LogP contribution < -0.4 is 22.2 Å². The second-order valence-corrected chi connectivity index (χ2v) is 7.85. The van der Waals surface area contributed by atoms with Crippen LogP contribution in [0.5, 0.6) is 0 Å². The minimum atomic E-state index is -0.679. The Labute approximate surface area is 168 Å². The number of aromatic nitrogens is 2. The highest BCUT2D eigenvalue weighted by atomic mass is 79.9. The number of carbonyl (C=O) groups is 1. The molecule has 8 heteroatoms. The molecule has 1 atom stereocenters. The lowest BCUT2D eigenvalue weighted by atomic mass is 9.96. The number of halogens is 1. The van der Waals surface area contributed by atoms with Crippen molar-refractivity contribution >= 4 is 38.6 Å². The molecule has 0 saturated heterocycles. The van der Waals surface area contributed by atoms with Gasteiger partial charge in [-0.3, -0.25) is 19.0 Å². The molecule has 2 aromatic carbocycles. The predicted molar refractivity (Wildman–Crippen MR) is 111 cm³/mol. The highest BCUT2D eigenvalue weighted by Crippen LogP contribution is 2.32. The molecule has 144 valence electrons. The van der Waals surface area contributed by atoms with Crippen LogP contribution in [0.4, 0.5) is 5.69 Å². The molecule has 0 spiro atoms. The van der Waals surface area contributed by atoms with Crippen LogP contribution in [-0.2, 0) is 17.8 Å². The van der Waals surface area contributed by atoms with E-state index in [1.807, 2.05) is 18.2 Å². The lowest BCUT2D eigenvalue weighted by Crippen LogP contribution is -2.41. The third kappa shape index (κ3) is 3.41. The van der Waals surface area contributed by atoms with E-state index in [0.29, 0.717) is 29.7 Å². The van der Waals surface area contributed by atoms with Crippen LogP contribution in [-0.4, -0.2) is 15.5 Å². The summed E-state index contributed by atoms with van der Waals surface area (Å²) in [4.78, 5) is 39.9. The van der Waals surface area contributed by atoms with Gasteiger partial charge in [0.25, 0.3) is 0 Å². The molecular formula is C20H19BrN4O3. The van der Waals surface area contributed by atoms with E-state index in [0.717, 1.165) is 22.0 Å². The van der Waals surface area contributed by atoms with Crippen molar-refractivity contribution in [3.05, 3.63) is 72.7 Å². The summed E-state index contributed by atoms with van der Waals surface area (Å²) in [5.41, 5.74) is 8.20. The van der Waals surface area contributed by atoms with Crippen molar-refractivity contribution < 1.29 is 4.79 Å². The summed E-state index contributed by atoms with van der Waals surface area (Å²) in [6, 6.07) is 10.7. The lowest BCUT2D eigenvalue weighted by Gasteiger charge is -2.27. The van der Waals surface area contributed by atoms with E-state index in [4.69, 9.17) is 5.73 Å². The third-order valence-corrected chi connectivity index (χ3v) is 5.52. The molecule has 0 radical (unpaired) electrons. The number of anilines is 1. The maximum absolute atomic E-state index is 12.6. The maximum atomic E-state index is 12.6. The molecule has 28 heavy (non-hydrogen) atoms. The van der Waals surface area contributed by atoms with Crippen LogP contribution in [0.15, 0.2) is 50.5 Å². The van der Waals surface area contributed by atoms with Gasteiger partial charge in [-0.05, 0) is 48.2 Å². The molecule has 0 aliphatic carbocycles. The monoisotopic (exact) mass is 442 g/mol. The van der Waals surface area contributed by atoms with Crippen molar-refractivity contribution in [2.45, 2.75) is 31.8 Å². The van der Waals surface area contributed by atoms with E-state index in [1.54, 1.807) is 18.2 Å². The fourth-order valence-electron chi connectivity index (χ4n) is 3.76. The van der Waals surface area contributed by atoms with E-state index in [9.17, 15) is 14.4 Å². The Hall–Kier alpha value is -2.71. The Morgan fingerprint density at radius 2 is 2.00 bits per heavy atom. The van der Waals surface area contributed by atoms with E-state index >= 15 is 0 Å². The minimum absolute atomic E-state index is 0.118. The summed E-state index contributed by atoms with van der Waals surface area (Å²) in [5.74, 6) is -0.202. The number of nitrogens with zero attached hydrogens (tertiary/aromatic N) is 1. The summed E-state index contributed by atoms with van der Waals surface area (Å²) in [7, 11) is 0. The molecule has 1 unspecified atom stereocenters. The first-order valence-electron chi connectivity index (χ1n) is 9.02. The predicted octanol–water partition coefficient (Wildman–Crippen LogP) is 2.43. The number of nitrogens with one attached hydrogen (secondary N) is 2. The normalized spacial score (nSPS) is 15.6. The van der Waals surface area contributed by atoms with Gasteiger partial charge in [-0.25, -0.2) is 0 Å². The van der Waals surface area contributed by atoms with Crippen molar-refractivity contribution in [2.24, 2.45) is 5.73 Å². The molecule has 4 rings (SSSR count). The van der Waals surface area contributed by atoms with Crippen molar-refractivity contribution in [2.75, 3.05) is 5.32 Å². The van der Waals surface area contributed by atoms with Gasteiger partial charge < -0.3 is 16.0 Å². The summed E-state index contributed by atoms with van der Waals surface area (Å²) in [5, 5.41) is 2.85. The molecule has 0 fully saturated rings. The zero-order valence-electron chi connectivity index (χ0n) is 15.0. The molecule has 2 heterocycles. The first-order valence-corrected chi connectivity index (χ1v) is 9.81. The molecule has 0 bridgehead atoms. The van der Waals surface area contributed by atoms with Gasteiger partial charge in [-0.1, -0.05) is 28.1 Å². The average Bonchev–Trinajstić information content (AvgIpc) is 2.67. The summed E-state index contributed by atoms with van der Waals surface area (Å²) >= 11 is 3.44. The highest BCUT2D eigenvalue weighted by Gasteiger charge is 2.26. The SMILES string of the molecule is NCc1ccc(NC(=O)CC2CCc3cc(Br)cc4[nH]c(=O)c(=O)n2c34)cc1. The van der Waals surface area contributed by atoms with Crippen molar-refractivity contribution in [3.63, 3.8) is 0 Å². The molecule has 1 aliphatic heterocycles. The van der Waals surface area contributed by atoms with Gasteiger partial charge in [0.2, 0.25) is 5.91 Å². The van der Waals surface area contributed by atoms with E-state index in [2.05, 4.69) is 26.2 Å². The second kappa shape index (κ2) is 7.37. The highest BCUT2D eigenvalue weighted by molar-refractivity contribution is 9.10. The number of amides is 1. The smallest absolute Gasteiger partial charge is 0.317 e. The van der Waals surface area contributed by atoms with Crippen molar-refractivity contribution in [3.8, 4) is 0 Å². The number of hydrogen-bond acceptors (Lipinski definition) is 4. The van der Waals surface area contributed by atoms with Crippen LogP contribution in [0.3, 0.4) is 0 Å². The van der Waals surface area contributed by atoms with Gasteiger partial charge >= 0.3 is 11.1 Å². The summed E-state index contributed by atoms with van der Waals surface area (Å²) in [6.07, 6.45) is 1.46. The Balaban J connectivity index is 1.65. The third-order valence-electron chi connectivity index (χ3n) is 5.06. The van der Waals surface area contributed by atoms with Crippen LogP contribution in [0.25, 0.3) is 11.0 Å². The first-order chi connectivity index (χ1) is 13.5. The molecule has 4 N–H and O–H groups in total. The quantitative estimate of drug-likeness (QED) is 0.538. The van der Waals surface area contributed by atoms with Gasteiger partial charge in [0.1, 0.15) is 0 Å². The van der Waals surface area contributed by atoms with Gasteiger partial charge in [-0.2, -0.15) is 0 Å². The fraction of sp³-hybridized carbons (Fsp3) is 0.250. The maximum Gasteiger partial charge on any atom is 0.317 e. The largest absolute Gasteiger partial charge is 0.326 e. The number of H-pyrrole nitrogens is 1. The van der Waals surface area contributed by atoms with E-state index in [1.165, 1.54) is 4.57 Å². The van der Waals surface area contributed by atoms with Gasteiger partial charge in [-0.15, -0.1) is 0 Å². The number of benzene rings is 2. The number of rotatable bonds is 4. The number of carbonyl (C=O) groups excluding carboxylic acids is 1. The van der Waals surface area contributed by atoms with Crippen LogP contribution in [0, 0.1) is 0 Å². The topological polar surface area (TPSA) is 110 Å². The number of aryl methyl sites for hydroxylation is 1. The fourth-order valence-corrected chi connectivity index (χ4v) is 4.26. The minimum Gasteiger partial charge on any atom is -0.326 e. The van der Waals surface area contributed by atoms with Gasteiger partial charge in [0, 0.05) is 29.2 Å². The van der Waals surface area contributed by atoms with Crippen molar-refractivity contribution in [1.82, 2.24) is 9.55 Å². The number of aromatic amines is 1. The first kappa shape index (κ1) is 18.6. The molecule has 1 aliphatic rings. The Morgan fingerprint density at radius 1 is 1.25 bits per heavy atom. The molecule has 1 aromatic heterocycles. The van der Waals surface area contributed by atoms with Crippen LogP contribution in [0.1, 0.15) is 30.0 Å². The van der Waals surface area contributed by atoms with Crippen LogP contribution >= 0.6 is 15.9 Å².